The molecule has 1 N–H and O–H groups in total. The van der Waals surface area contributed by atoms with Crippen LogP contribution in [0.15, 0.2) is 12.2 Å². The van der Waals surface area contributed by atoms with E-state index in [1.165, 1.54) is 0 Å². The summed E-state index contributed by atoms with van der Waals surface area (Å²) in [5, 5.41) is 9.74. The topological polar surface area (TPSA) is 46.5 Å². The van der Waals surface area contributed by atoms with Crippen LogP contribution in [-0.4, -0.2) is 22.8 Å². The molecular formula is C13H24O3. The van der Waals surface area contributed by atoms with Gasteiger partial charge in [0.2, 0.25) is 0 Å². The summed E-state index contributed by atoms with van der Waals surface area (Å²) in [7, 11) is 0. The van der Waals surface area contributed by atoms with E-state index in [1.54, 1.807) is 20.8 Å². The molecule has 0 radical (unpaired) electrons. The Balaban J connectivity index is 4.43. The monoisotopic (exact) mass is 228 g/mol. The van der Waals surface area contributed by atoms with Crippen LogP contribution in [0.2, 0.25) is 0 Å². The van der Waals surface area contributed by atoms with Gasteiger partial charge in [0.1, 0.15) is 6.10 Å². The van der Waals surface area contributed by atoms with Gasteiger partial charge in [0, 0.05) is 12.0 Å². The Labute approximate surface area is 98.5 Å². The highest BCUT2D eigenvalue weighted by atomic mass is 16.5. The third kappa shape index (κ3) is 7.46. The number of ether oxygens (including phenoxy) is 1. The molecule has 16 heavy (non-hydrogen) atoms. The van der Waals surface area contributed by atoms with Gasteiger partial charge in [-0.3, -0.25) is 0 Å². The summed E-state index contributed by atoms with van der Waals surface area (Å²) in [5.74, 6) is 0.0418. The average molecular weight is 228 g/mol. The van der Waals surface area contributed by atoms with Crippen molar-refractivity contribution in [1.82, 2.24) is 0 Å². The zero-order valence-corrected chi connectivity index (χ0v) is 11.0. The summed E-state index contributed by atoms with van der Waals surface area (Å²) in [4.78, 5) is 11.4. The number of rotatable bonds is 6. The quantitative estimate of drug-likeness (QED) is 0.561. The van der Waals surface area contributed by atoms with Gasteiger partial charge in [-0.15, -0.1) is 0 Å². The van der Waals surface area contributed by atoms with Gasteiger partial charge in [-0.25, -0.2) is 4.79 Å². The SMILES string of the molecule is C=C(C)C(=O)OC(CC(C)C)CC(C)(C)O. The lowest BCUT2D eigenvalue weighted by molar-refractivity contribution is -0.147. The second-order valence-corrected chi connectivity index (χ2v) is 5.45. The van der Waals surface area contributed by atoms with Gasteiger partial charge in [-0.05, 0) is 33.1 Å². The maximum Gasteiger partial charge on any atom is 0.333 e. The Hall–Kier alpha value is -0.830. The molecule has 0 heterocycles. The van der Waals surface area contributed by atoms with Crippen LogP contribution in [0.4, 0.5) is 0 Å². The Morgan fingerprint density at radius 2 is 1.94 bits per heavy atom. The molecule has 1 unspecified atom stereocenters. The van der Waals surface area contributed by atoms with Crippen molar-refractivity contribution in [2.75, 3.05) is 0 Å². The second-order valence-electron chi connectivity index (χ2n) is 5.45. The van der Waals surface area contributed by atoms with Gasteiger partial charge in [0.25, 0.3) is 0 Å². The summed E-state index contributed by atoms with van der Waals surface area (Å²) in [6.07, 6.45) is 0.955. The van der Waals surface area contributed by atoms with E-state index in [9.17, 15) is 9.90 Å². The molecule has 0 fully saturated rings. The molecule has 0 saturated carbocycles. The predicted molar refractivity (Wildman–Crippen MR) is 65.1 cm³/mol. The minimum Gasteiger partial charge on any atom is -0.459 e. The summed E-state index contributed by atoms with van der Waals surface area (Å²) >= 11 is 0. The van der Waals surface area contributed by atoms with E-state index < -0.39 is 5.60 Å². The van der Waals surface area contributed by atoms with Crippen molar-refractivity contribution in [1.29, 1.82) is 0 Å². The fourth-order valence-corrected chi connectivity index (χ4v) is 1.51. The van der Waals surface area contributed by atoms with Crippen molar-refractivity contribution in [3.05, 3.63) is 12.2 Å². The second kappa shape index (κ2) is 6.04. The normalized spacial score (nSPS) is 13.7. The fourth-order valence-electron chi connectivity index (χ4n) is 1.51. The van der Waals surface area contributed by atoms with E-state index in [0.29, 0.717) is 17.9 Å². The molecule has 0 aromatic heterocycles. The summed E-state index contributed by atoms with van der Waals surface area (Å²) in [6, 6.07) is 0. The third-order valence-electron chi connectivity index (χ3n) is 2.08. The maximum absolute atomic E-state index is 11.4. The predicted octanol–water partition coefficient (Wildman–Crippen LogP) is 2.68. The van der Waals surface area contributed by atoms with E-state index in [4.69, 9.17) is 4.74 Å². The number of aliphatic hydroxyl groups is 1. The Morgan fingerprint density at radius 1 is 1.44 bits per heavy atom. The number of hydrogen-bond acceptors (Lipinski definition) is 3. The van der Waals surface area contributed by atoms with E-state index in [2.05, 4.69) is 20.4 Å². The lowest BCUT2D eigenvalue weighted by atomic mass is 9.95. The summed E-state index contributed by atoms with van der Waals surface area (Å²) in [5.41, 5.74) is -0.431. The molecule has 0 aliphatic rings. The molecule has 0 aromatic rings. The van der Waals surface area contributed by atoms with Crippen LogP contribution in [0.3, 0.4) is 0 Å². The van der Waals surface area contributed by atoms with Crippen LogP contribution in [0.1, 0.15) is 47.5 Å². The molecule has 3 heteroatoms. The van der Waals surface area contributed by atoms with Gasteiger partial charge in [0.15, 0.2) is 0 Å². The lowest BCUT2D eigenvalue weighted by Crippen LogP contribution is -2.30. The molecule has 0 spiro atoms. The minimum atomic E-state index is -0.824. The van der Waals surface area contributed by atoms with E-state index in [-0.39, 0.29) is 12.1 Å². The first-order valence-electron chi connectivity index (χ1n) is 5.70. The van der Waals surface area contributed by atoms with Gasteiger partial charge >= 0.3 is 5.97 Å². The highest BCUT2D eigenvalue weighted by molar-refractivity contribution is 5.87. The largest absolute Gasteiger partial charge is 0.459 e. The van der Waals surface area contributed by atoms with Crippen LogP contribution in [0.5, 0.6) is 0 Å². The van der Waals surface area contributed by atoms with Gasteiger partial charge < -0.3 is 9.84 Å². The standard InChI is InChI=1S/C13H24O3/c1-9(2)7-11(8-13(5,6)15)16-12(14)10(3)4/h9,11,15H,3,7-8H2,1-2,4-6H3. The molecule has 0 bridgehead atoms. The Kier molecular flexibility index (Phi) is 5.73. The molecule has 0 aromatic carbocycles. The molecule has 1 atom stereocenters. The van der Waals surface area contributed by atoms with Gasteiger partial charge in [-0.1, -0.05) is 20.4 Å². The van der Waals surface area contributed by atoms with Crippen molar-refractivity contribution in [2.45, 2.75) is 59.2 Å². The Bertz CT molecular complexity index is 248. The van der Waals surface area contributed by atoms with Gasteiger partial charge in [0.05, 0.1) is 5.60 Å². The fraction of sp³-hybridized carbons (Fsp3) is 0.769. The van der Waals surface area contributed by atoms with Crippen molar-refractivity contribution in [3.8, 4) is 0 Å². The van der Waals surface area contributed by atoms with Crippen LogP contribution in [0, 0.1) is 5.92 Å². The molecule has 3 nitrogen and oxygen atoms in total. The molecule has 0 amide bonds. The lowest BCUT2D eigenvalue weighted by Gasteiger charge is -2.26. The number of carbonyl (C=O) groups excluding carboxylic acids is 1. The zero-order valence-electron chi connectivity index (χ0n) is 11.0. The van der Waals surface area contributed by atoms with Crippen LogP contribution >= 0.6 is 0 Å². The van der Waals surface area contributed by atoms with Crippen LogP contribution < -0.4 is 0 Å². The van der Waals surface area contributed by atoms with Crippen molar-refractivity contribution < 1.29 is 14.6 Å². The maximum atomic E-state index is 11.4. The van der Waals surface area contributed by atoms with Gasteiger partial charge in [-0.2, -0.15) is 0 Å². The smallest absolute Gasteiger partial charge is 0.333 e. The first-order chi connectivity index (χ1) is 7.11. The third-order valence-corrected chi connectivity index (χ3v) is 2.08. The minimum absolute atomic E-state index is 0.246. The van der Waals surface area contributed by atoms with Crippen molar-refractivity contribution >= 4 is 5.97 Å². The Morgan fingerprint density at radius 3 is 2.25 bits per heavy atom. The van der Waals surface area contributed by atoms with E-state index >= 15 is 0 Å². The van der Waals surface area contributed by atoms with Crippen molar-refractivity contribution in [2.24, 2.45) is 5.92 Å². The first kappa shape index (κ1) is 15.2. The molecule has 0 aliphatic carbocycles. The molecule has 0 saturated heterocycles. The van der Waals surface area contributed by atoms with E-state index in [1.807, 2.05) is 0 Å². The summed E-state index contributed by atoms with van der Waals surface area (Å²) < 4.78 is 5.30. The number of carbonyl (C=O) groups is 1. The molecule has 0 aliphatic heterocycles. The summed E-state index contributed by atoms with van der Waals surface area (Å²) in [6.45, 7) is 12.7. The number of esters is 1. The van der Waals surface area contributed by atoms with Crippen LogP contribution in [-0.2, 0) is 9.53 Å². The highest BCUT2D eigenvalue weighted by Gasteiger charge is 2.24. The zero-order chi connectivity index (χ0) is 12.9. The number of hydrogen-bond donors (Lipinski definition) is 1. The first-order valence-corrected chi connectivity index (χ1v) is 5.70. The van der Waals surface area contributed by atoms with Crippen LogP contribution in [0.25, 0.3) is 0 Å². The molecular weight excluding hydrogens is 204 g/mol. The van der Waals surface area contributed by atoms with Crippen molar-refractivity contribution in [3.63, 3.8) is 0 Å². The molecule has 94 valence electrons. The van der Waals surface area contributed by atoms with E-state index in [0.717, 1.165) is 6.42 Å². The molecule has 0 rings (SSSR count). The highest BCUT2D eigenvalue weighted by Crippen LogP contribution is 2.20. The average Bonchev–Trinajstić information content (AvgIpc) is 1.98.